The van der Waals surface area contributed by atoms with Gasteiger partial charge in [-0.25, -0.2) is 9.37 Å². The fourth-order valence-electron chi connectivity index (χ4n) is 1.51. The Hall–Kier alpha value is -1.95. The maximum absolute atomic E-state index is 13.2. The zero-order valence-corrected chi connectivity index (χ0v) is 10.4. The van der Waals surface area contributed by atoms with Crippen LogP contribution in [0.4, 0.5) is 4.39 Å². The Morgan fingerprint density at radius 2 is 2.28 bits per heavy atom. The Morgan fingerprint density at radius 1 is 1.44 bits per heavy atom. The number of aryl methyl sites for hydroxylation is 1. The lowest BCUT2D eigenvalue weighted by molar-refractivity contribution is 0.448. The number of aromatic nitrogens is 3. The van der Waals surface area contributed by atoms with Crippen LogP contribution < -0.4 is 10.1 Å². The molecule has 5 nitrogen and oxygen atoms in total. The van der Waals surface area contributed by atoms with Crippen LogP contribution >= 0.6 is 0 Å². The molecule has 2 rings (SSSR count). The van der Waals surface area contributed by atoms with Crippen LogP contribution in [0.2, 0.25) is 0 Å². The molecule has 0 aliphatic rings. The van der Waals surface area contributed by atoms with Gasteiger partial charge in [-0.15, -0.1) is 0 Å². The van der Waals surface area contributed by atoms with Crippen molar-refractivity contribution in [3.05, 3.63) is 36.0 Å². The van der Waals surface area contributed by atoms with E-state index in [9.17, 15) is 4.39 Å². The normalized spacial score (nSPS) is 10.6. The minimum absolute atomic E-state index is 0.374. The summed E-state index contributed by atoms with van der Waals surface area (Å²) in [6.07, 6.45) is 4.45. The van der Waals surface area contributed by atoms with Crippen molar-refractivity contribution in [2.45, 2.75) is 13.5 Å². The average Bonchev–Trinajstić information content (AvgIpc) is 2.75. The van der Waals surface area contributed by atoms with E-state index in [0.717, 1.165) is 12.7 Å². The molecule has 0 spiro atoms. The van der Waals surface area contributed by atoms with E-state index in [1.807, 2.05) is 6.92 Å². The Balaban J connectivity index is 2.20. The second-order valence-corrected chi connectivity index (χ2v) is 3.85. The Labute approximate surface area is 105 Å². The zero-order valence-electron chi connectivity index (χ0n) is 10.4. The highest BCUT2D eigenvalue weighted by atomic mass is 19.1. The highest BCUT2D eigenvalue weighted by Gasteiger charge is 2.09. The van der Waals surface area contributed by atoms with Gasteiger partial charge in [-0.2, -0.15) is 5.10 Å². The third-order valence-electron chi connectivity index (χ3n) is 2.35. The maximum Gasteiger partial charge on any atom is 0.224 e. The van der Waals surface area contributed by atoms with Gasteiger partial charge in [0.1, 0.15) is 5.82 Å². The molecule has 0 unspecified atom stereocenters. The Morgan fingerprint density at radius 3 is 2.94 bits per heavy atom. The summed E-state index contributed by atoms with van der Waals surface area (Å²) in [6, 6.07) is 1.42. The lowest BCUT2D eigenvalue weighted by atomic mass is 10.2. The molecule has 0 atom stereocenters. The predicted molar refractivity (Wildman–Crippen MR) is 64.9 cm³/mol. The van der Waals surface area contributed by atoms with Crippen LogP contribution in [0.15, 0.2) is 24.7 Å². The van der Waals surface area contributed by atoms with E-state index in [2.05, 4.69) is 15.4 Å². The first-order valence-electron chi connectivity index (χ1n) is 5.70. The monoisotopic (exact) mass is 250 g/mol. The van der Waals surface area contributed by atoms with Gasteiger partial charge in [0, 0.05) is 19.2 Å². The molecule has 0 aliphatic heterocycles. The van der Waals surface area contributed by atoms with E-state index in [-0.39, 0.29) is 5.82 Å². The number of hydrogen-bond donors (Lipinski definition) is 1. The third kappa shape index (κ3) is 3.04. The van der Waals surface area contributed by atoms with Gasteiger partial charge < -0.3 is 10.1 Å². The second-order valence-electron chi connectivity index (χ2n) is 3.85. The lowest BCUT2D eigenvalue weighted by Gasteiger charge is -2.08. The summed E-state index contributed by atoms with van der Waals surface area (Å²) in [4.78, 5) is 3.96. The largest absolute Gasteiger partial charge is 0.435 e. The van der Waals surface area contributed by atoms with Crippen LogP contribution in [0.3, 0.4) is 0 Å². The van der Waals surface area contributed by atoms with Gasteiger partial charge in [0.2, 0.25) is 5.88 Å². The average molecular weight is 250 g/mol. The number of pyridine rings is 1. The summed E-state index contributed by atoms with van der Waals surface area (Å²) < 4.78 is 20.4. The van der Waals surface area contributed by atoms with Crippen LogP contribution in [0.25, 0.3) is 0 Å². The zero-order chi connectivity index (χ0) is 13.0. The molecule has 2 heterocycles. The molecule has 2 aromatic heterocycles. The second kappa shape index (κ2) is 5.59. The minimum Gasteiger partial charge on any atom is -0.435 e. The number of rotatable bonds is 5. The summed E-state index contributed by atoms with van der Waals surface area (Å²) in [5.41, 5.74) is 0.681. The minimum atomic E-state index is -0.374. The first kappa shape index (κ1) is 12.5. The van der Waals surface area contributed by atoms with Crippen molar-refractivity contribution in [2.24, 2.45) is 7.05 Å². The summed E-state index contributed by atoms with van der Waals surface area (Å²) in [5.74, 6) is 0.598. The number of halogens is 1. The van der Waals surface area contributed by atoms with Crippen molar-refractivity contribution >= 4 is 0 Å². The van der Waals surface area contributed by atoms with Crippen molar-refractivity contribution in [3.63, 3.8) is 0 Å². The maximum atomic E-state index is 13.2. The molecule has 0 saturated carbocycles. The molecule has 96 valence electrons. The molecule has 0 aromatic carbocycles. The molecule has 0 aliphatic carbocycles. The van der Waals surface area contributed by atoms with Crippen molar-refractivity contribution in [1.29, 1.82) is 0 Å². The molecule has 0 bridgehead atoms. The van der Waals surface area contributed by atoms with E-state index in [4.69, 9.17) is 4.74 Å². The molecular weight excluding hydrogens is 235 g/mol. The van der Waals surface area contributed by atoms with Crippen molar-refractivity contribution in [1.82, 2.24) is 20.1 Å². The van der Waals surface area contributed by atoms with Gasteiger partial charge >= 0.3 is 0 Å². The van der Waals surface area contributed by atoms with Crippen LogP contribution in [0.5, 0.6) is 11.6 Å². The fraction of sp³-hybridized carbons (Fsp3) is 0.333. The standard InChI is InChI=1S/C12H15FN4O/c1-3-14-5-9-4-10(13)6-15-12(9)18-11-7-16-17(2)8-11/h4,6-8,14H,3,5H2,1-2H3. The summed E-state index contributed by atoms with van der Waals surface area (Å²) in [5, 5.41) is 7.11. The lowest BCUT2D eigenvalue weighted by Crippen LogP contribution is -2.13. The number of hydrogen-bond acceptors (Lipinski definition) is 4. The Bertz CT molecular complexity index is 527. The van der Waals surface area contributed by atoms with Gasteiger partial charge in [0.05, 0.1) is 18.6 Å². The number of ether oxygens (including phenoxy) is 1. The SMILES string of the molecule is CCNCc1cc(F)cnc1Oc1cnn(C)c1. The van der Waals surface area contributed by atoms with E-state index in [1.54, 1.807) is 24.1 Å². The van der Waals surface area contributed by atoms with Crippen molar-refractivity contribution in [3.8, 4) is 11.6 Å². The molecule has 1 N–H and O–H groups in total. The topological polar surface area (TPSA) is 52.0 Å². The fourth-order valence-corrected chi connectivity index (χ4v) is 1.51. The third-order valence-corrected chi connectivity index (χ3v) is 2.35. The predicted octanol–water partition coefficient (Wildman–Crippen LogP) is 1.86. The van der Waals surface area contributed by atoms with Gasteiger partial charge in [-0.05, 0) is 12.6 Å². The molecular formula is C12H15FN4O. The smallest absolute Gasteiger partial charge is 0.224 e. The van der Waals surface area contributed by atoms with Crippen LogP contribution in [-0.4, -0.2) is 21.3 Å². The van der Waals surface area contributed by atoms with Crippen LogP contribution in [-0.2, 0) is 13.6 Å². The summed E-state index contributed by atoms with van der Waals surface area (Å²) in [6.45, 7) is 3.29. The highest BCUT2D eigenvalue weighted by molar-refractivity contribution is 5.30. The molecule has 0 saturated heterocycles. The van der Waals surface area contributed by atoms with Crippen molar-refractivity contribution < 1.29 is 9.13 Å². The highest BCUT2D eigenvalue weighted by Crippen LogP contribution is 2.22. The molecule has 0 amide bonds. The molecule has 18 heavy (non-hydrogen) atoms. The van der Waals surface area contributed by atoms with Gasteiger partial charge in [-0.3, -0.25) is 4.68 Å². The number of nitrogens with one attached hydrogen (secondary N) is 1. The summed E-state index contributed by atoms with van der Waals surface area (Å²) >= 11 is 0. The summed E-state index contributed by atoms with van der Waals surface area (Å²) in [7, 11) is 1.80. The first-order valence-corrected chi connectivity index (χ1v) is 5.70. The molecule has 0 fully saturated rings. The van der Waals surface area contributed by atoms with E-state index in [1.165, 1.54) is 6.07 Å². The van der Waals surface area contributed by atoms with Crippen LogP contribution in [0, 0.1) is 5.82 Å². The Kier molecular flexibility index (Phi) is 3.88. The van der Waals surface area contributed by atoms with E-state index < -0.39 is 0 Å². The van der Waals surface area contributed by atoms with Crippen LogP contribution in [0.1, 0.15) is 12.5 Å². The quantitative estimate of drug-likeness (QED) is 0.880. The van der Waals surface area contributed by atoms with Gasteiger partial charge in [0.25, 0.3) is 0 Å². The molecule has 0 radical (unpaired) electrons. The first-order chi connectivity index (χ1) is 8.69. The molecule has 2 aromatic rings. The van der Waals surface area contributed by atoms with E-state index >= 15 is 0 Å². The van der Waals surface area contributed by atoms with E-state index in [0.29, 0.717) is 23.7 Å². The van der Waals surface area contributed by atoms with Gasteiger partial charge in [0.15, 0.2) is 5.75 Å². The van der Waals surface area contributed by atoms with Gasteiger partial charge in [-0.1, -0.05) is 6.92 Å². The van der Waals surface area contributed by atoms with Crippen molar-refractivity contribution in [2.75, 3.05) is 6.54 Å². The molecule has 6 heteroatoms. The number of nitrogens with zero attached hydrogens (tertiary/aromatic N) is 3.